The van der Waals surface area contributed by atoms with E-state index in [1.807, 2.05) is 30.3 Å². The highest BCUT2D eigenvalue weighted by atomic mass is 79.9. The van der Waals surface area contributed by atoms with E-state index in [0.717, 1.165) is 15.6 Å². The molecule has 1 aromatic rings. The third-order valence-electron chi connectivity index (χ3n) is 3.89. The van der Waals surface area contributed by atoms with Gasteiger partial charge in [0.2, 0.25) is 0 Å². The summed E-state index contributed by atoms with van der Waals surface area (Å²) in [5, 5.41) is 0. The van der Waals surface area contributed by atoms with Crippen LogP contribution in [0, 0.1) is 0 Å². The highest BCUT2D eigenvalue weighted by Gasteiger charge is 2.50. The molecule has 1 fully saturated rings. The van der Waals surface area contributed by atoms with Gasteiger partial charge in [-0.1, -0.05) is 40.2 Å². The van der Waals surface area contributed by atoms with E-state index >= 15 is 0 Å². The molecule has 1 aromatic carbocycles. The lowest BCUT2D eigenvalue weighted by atomic mass is 9.69. The highest BCUT2D eigenvalue weighted by Crippen LogP contribution is 2.53. The molecule has 0 saturated heterocycles. The van der Waals surface area contributed by atoms with Crippen LogP contribution in [0.15, 0.2) is 28.7 Å². The van der Waals surface area contributed by atoms with E-state index in [9.17, 15) is 9.18 Å². The minimum atomic E-state index is -1.11. The fourth-order valence-corrected chi connectivity index (χ4v) is 3.87. The largest absolute Gasteiger partial charge is 0.300 e. The molecule has 1 saturated carbocycles. The number of rotatable bonds is 0. The van der Waals surface area contributed by atoms with E-state index < -0.39 is 11.6 Å². The predicted octanol–water partition coefficient (Wildman–Crippen LogP) is 3.76. The first kappa shape index (κ1) is 11.1. The number of hydrogen-bond donors (Lipinski definition) is 0. The maximum atomic E-state index is 14.4. The Morgan fingerprint density at radius 1 is 1.35 bits per heavy atom. The van der Waals surface area contributed by atoms with Crippen molar-refractivity contribution in [1.29, 1.82) is 0 Å². The van der Waals surface area contributed by atoms with E-state index in [4.69, 9.17) is 0 Å². The van der Waals surface area contributed by atoms with Crippen LogP contribution < -0.4 is 0 Å². The van der Waals surface area contributed by atoms with Gasteiger partial charge in [-0.25, -0.2) is 4.39 Å². The summed E-state index contributed by atoms with van der Waals surface area (Å²) in [6.45, 7) is 0. The molecular weight excluding hydrogens is 283 g/mol. The molecule has 17 heavy (non-hydrogen) atoms. The van der Waals surface area contributed by atoms with Crippen LogP contribution in [0.5, 0.6) is 0 Å². The van der Waals surface area contributed by atoms with Gasteiger partial charge in [0.05, 0.1) is 5.41 Å². The van der Waals surface area contributed by atoms with Crippen LogP contribution in [0.4, 0.5) is 4.39 Å². The molecule has 0 aromatic heterocycles. The van der Waals surface area contributed by atoms with Crippen molar-refractivity contribution in [2.24, 2.45) is 0 Å². The van der Waals surface area contributed by atoms with Gasteiger partial charge in [0, 0.05) is 17.3 Å². The molecule has 2 unspecified atom stereocenters. The minimum absolute atomic E-state index is 0.0350. The molecule has 2 aliphatic rings. The fraction of sp³-hybridized carbons (Fsp3) is 0.357. The van der Waals surface area contributed by atoms with E-state index in [1.54, 1.807) is 0 Å². The Bertz CT molecular complexity index is 523. The van der Waals surface area contributed by atoms with Crippen LogP contribution in [0.2, 0.25) is 0 Å². The first-order chi connectivity index (χ1) is 8.14. The number of carbonyl (C=O) groups excluding carboxylic acids is 1. The predicted molar refractivity (Wildman–Crippen MR) is 68.8 cm³/mol. The van der Waals surface area contributed by atoms with Gasteiger partial charge in [0.25, 0.3) is 0 Å². The number of benzene rings is 1. The lowest BCUT2D eigenvalue weighted by Crippen LogP contribution is -2.41. The molecule has 88 valence electrons. The second-order valence-corrected chi connectivity index (χ2v) is 5.62. The van der Waals surface area contributed by atoms with Crippen LogP contribution in [-0.2, 0) is 10.2 Å². The molecule has 0 bridgehead atoms. The number of allylic oxidation sites excluding steroid dienone is 1. The molecule has 2 atom stereocenters. The van der Waals surface area contributed by atoms with Crippen LogP contribution in [0.25, 0.3) is 6.08 Å². The van der Waals surface area contributed by atoms with E-state index in [-0.39, 0.29) is 12.2 Å². The standard InChI is InChI=1S/C14H12BrFO/c15-12-7-9-3-1-2-4-11(9)14(12)6-5-10(17)8-13(14)16/h1-4,7,13H,5-6,8H2. The summed E-state index contributed by atoms with van der Waals surface area (Å²) >= 11 is 3.51. The zero-order valence-electron chi connectivity index (χ0n) is 9.25. The fourth-order valence-electron chi connectivity index (χ4n) is 2.96. The SMILES string of the molecule is O=C1CCC2(C(Br)=Cc3ccccc32)C(F)C1. The number of carbonyl (C=O) groups is 1. The van der Waals surface area contributed by atoms with Gasteiger partial charge in [0.1, 0.15) is 12.0 Å². The lowest BCUT2D eigenvalue weighted by Gasteiger charge is -2.38. The number of Topliss-reactive ketones (excluding diaryl/α,β-unsaturated/α-hetero) is 1. The Labute approximate surface area is 108 Å². The van der Waals surface area contributed by atoms with E-state index in [1.165, 1.54) is 0 Å². The summed E-state index contributed by atoms with van der Waals surface area (Å²) in [6, 6.07) is 7.86. The summed E-state index contributed by atoms with van der Waals surface area (Å²) in [4.78, 5) is 11.4. The van der Waals surface area contributed by atoms with Gasteiger partial charge >= 0.3 is 0 Å². The molecule has 3 heteroatoms. The molecule has 1 spiro atoms. The molecule has 3 rings (SSSR count). The number of halogens is 2. The van der Waals surface area contributed by atoms with Crippen molar-refractivity contribution < 1.29 is 9.18 Å². The summed E-state index contributed by atoms with van der Waals surface area (Å²) < 4.78 is 15.3. The third-order valence-corrected chi connectivity index (χ3v) is 4.83. The molecule has 0 heterocycles. The van der Waals surface area contributed by atoms with Crippen LogP contribution in [-0.4, -0.2) is 12.0 Å². The Kier molecular flexibility index (Phi) is 2.47. The van der Waals surface area contributed by atoms with Gasteiger partial charge < -0.3 is 0 Å². The van der Waals surface area contributed by atoms with Crippen LogP contribution in [0.3, 0.4) is 0 Å². The van der Waals surface area contributed by atoms with Crippen molar-refractivity contribution in [3.05, 3.63) is 39.9 Å². The van der Waals surface area contributed by atoms with Crippen molar-refractivity contribution in [2.45, 2.75) is 30.8 Å². The average molecular weight is 295 g/mol. The van der Waals surface area contributed by atoms with E-state index in [0.29, 0.717) is 12.8 Å². The summed E-state index contributed by atoms with van der Waals surface area (Å²) in [6.07, 6.45) is 1.95. The number of fused-ring (bicyclic) bond motifs is 2. The molecule has 1 nitrogen and oxygen atoms in total. The molecular formula is C14H12BrFO. The van der Waals surface area contributed by atoms with Gasteiger partial charge in [-0.15, -0.1) is 0 Å². The topological polar surface area (TPSA) is 17.1 Å². The van der Waals surface area contributed by atoms with Crippen LogP contribution in [0.1, 0.15) is 30.4 Å². The van der Waals surface area contributed by atoms with Gasteiger partial charge in [0.15, 0.2) is 0 Å². The Morgan fingerprint density at radius 3 is 2.88 bits per heavy atom. The summed E-state index contributed by atoms with van der Waals surface area (Å²) in [5.41, 5.74) is 1.48. The third kappa shape index (κ3) is 1.45. The second-order valence-electron chi connectivity index (χ2n) is 4.76. The van der Waals surface area contributed by atoms with Crippen molar-refractivity contribution in [1.82, 2.24) is 0 Å². The van der Waals surface area contributed by atoms with Crippen molar-refractivity contribution in [2.75, 3.05) is 0 Å². The van der Waals surface area contributed by atoms with Crippen molar-refractivity contribution >= 4 is 27.8 Å². The molecule has 2 aliphatic carbocycles. The average Bonchev–Trinajstić information content (AvgIpc) is 2.58. The van der Waals surface area contributed by atoms with Crippen molar-refractivity contribution in [3.8, 4) is 0 Å². The quantitative estimate of drug-likeness (QED) is 0.712. The first-order valence-corrected chi connectivity index (χ1v) is 6.57. The normalized spacial score (nSPS) is 31.5. The second kappa shape index (κ2) is 3.77. The maximum absolute atomic E-state index is 14.4. The molecule has 0 amide bonds. The monoisotopic (exact) mass is 294 g/mol. The molecule has 0 N–H and O–H groups in total. The smallest absolute Gasteiger partial charge is 0.135 e. The number of alkyl halides is 1. The Morgan fingerprint density at radius 2 is 2.12 bits per heavy atom. The lowest BCUT2D eigenvalue weighted by molar-refractivity contribution is -0.123. The first-order valence-electron chi connectivity index (χ1n) is 5.77. The molecule has 0 radical (unpaired) electrons. The Balaban J connectivity index is 2.14. The Hall–Kier alpha value is -0.960. The number of hydrogen-bond acceptors (Lipinski definition) is 1. The zero-order valence-corrected chi connectivity index (χ0v) is 10.8. The zero-order chi connectivity index (χ0) is 12.0. The highest BCUT2D eigenvalue weighted by molar-refractivity contribution is 9.11. The van der Waals surface area contributed by atoms with Gasteiger partial charge in [-0.2, -0.15) is 0 Å². The minimum Gasteiger partial charge on any atom is -0.300 e. The van der Waals surface area contributed by atoms with Crippen molar-refractivity contribution in [3.63, 3.8) is 0 Å². The maximum Gasteiger partial charge on any atom is 0.135 e. The number of ketones is 1. The van der Waals surface area contributed by atoms with Crippen LogP contribution >= 0.6 is 15.9 Å². The van der Waals surface area contributed by atoms with Gasteiger partial charge in [-0.05, 0) is 23.6 Å². The van der Waals surface area contributed by atoms with E-state index in [2.05, 4.69) is 15.9 Å². The summed E-state index contributed by atoms with van der Waals surface area (Å²) in [7, 11) is 0. The molecule has 0 aliphatic heterocycles. The van der Waals surface area contributed by atoms with Gasteiger partial charge in [-0.3, -0.25) is 4.79 Å². The summed E-state index contributed by atoms with van der Waals surface area (Å²) in [5.74, 6) is 0.0350.